The lowest BCUT2D eigenvalue weighted by molar-refractivity contribution is -0.151. The zero-order valence-corrected chi connectivity index (χ0v) is 11.4. The van der Waals surface area contributed by atoms with Gasteiger partial charge in [-0.3, -0.25) is 0 Å². The number of benzene rings is 2. The summed E-state index contributed by atoms with van der Waals surface area (Å²) < 4.78 is 37.1. The van der Waals surface area contributed by atoms with Crippen molar-refractivity contribution >= 4 is 5.97 Å². The quantitative estimate of drug-likeness (QED) is 0.789. The Morgan fingerprint density at radius 1 is 1.14 bits per heavy atom. The zero-order chi connectivity index (χ0) is 15.2. The van der Waals surface area contributed by atoms with Crippen molar-refractivity contribution in [1.82, 2.24) is 0 Å². The summed E-state index contributed by atoms with van der Waals surface area (Å²) in [5.41, 5.74) is 0.500. The number of ether oxygens (including phenoxy) is 2. The fraction of sp³-hybridized carbons (Fsp3) is 0.188. The Hall–Kier alpha value is -2.43. The van der Waals surface area contributed by atoms with E-state index < -0.39 is 23.7 Å². The molecule has 1 unspecified atom stereocenters. The molecule has 0 heterocycles. The number of hydrogen-bond donors (Lipinski definition) is 0. The maximum atomic E-state index is 13.7. The number of hydrogen-bond acceptors (Lipinski definition) is 3. The molecule has 0 aliphatic heterocycles. The Labute approximate surface area is 121 Å². The first-order valence-electron chi connectivity index (χ1n) is 6.45. The van der Waals surface area contributed by atoms with Gasteiger partial charge in [-0.2, -0.15) is 0 Å². The number of carbonyl (C=O) groups excluding carboxylic acids is 1. The molecule has 110 valence electrons. The molecular weight excluding hydrogens is 278 g/mol. The fourth-order valence-electron chi connectivity index (χ4n) is 1.79. The van der Waals surface area contributed by atoms with Crippen molar-refractivity contribution in [3.8, 4) is 5.75 Å². The predicted molar refractivity (Wildman–Crippen MR) is 72.8 cm³/mol. The highest BCUT2D eigenvalue weighted by atomic mass is 19.1. The molecule has 0 saturated carbocycles. The van der Waals surface area contributed by atoms with E-state index in [1.807, 2.05) is 0 Å². The maximum absolute atomic E-state index is 13.7. The van der Waals surface area contributed by atoms with Gasteiger partial charge in [0.2, 0.25) is 6.10 Å². The Balaban J connectivity index is 2.32. The summed E-state index contributed by atoms with van der Waals surface area (Å²) in [5.74, 6) is -2.40. The highest BCUT2D eigenvalue weighted by Gasteiger charge is 2.25. The Bertz CT molecular complexity index is 614. The molecule has 0 aliphatic rings. The molecule has 0 saturated heterocycles. The van der Waals surface area contributed by atoms with E-state index >= 15 is 0 Å². The third kappa shape index (κ3) is 3.78. The zero-order valence-electron chi connectivity index (χ0n) is 11.4. The highest BCUT2D eigenvalue weighted by molar-refractivity contribution is 5.77. The molecule has 21 heavy (non-hydrogen) atoms. The summed E-state index contributed by atoms with van der Waals surface area (Å²) >= 11 is 0. The van der Waals surface area contributed by atoms with E-state index in [2.05, 4.69) is 0 Å². The standard InChI is InChI=1S/C16H14F2O3/c1-2-20-16(19)15(11-6-4-3-5-7-11)21-14-10-12(17)8-9-13(14)18/h3-10,15H,2H2,1H3. The van der Waals surface area contributed by atoms with Gasteiger partial charge in [-0.05, 0) is 19.1 Å². The smallest absolute Gasteiger partial charge is 0.352 e. The molecule has 0 amide bonds. The topological polar surface area (TPSA) is 35.5 Å². The van der Waals surface area contributed by atoms with Crippen LogP contribution in [0.5, 0.6) is 5.75 Å². The van der Waals surface area contributed by atoms with E-state index in [0.29, 0.717) is 5.56 Å². The summed E-state index contributed by atoms with van der Waals surface area (Å²) in [6.45, 7) is 1.82. The second kappa shape index (κ2) is 6.83. The van der Waals surface area contributed by atoms with Crippen LogP contribution in [0, 0.1) is 11.6 Å². The van der Waals surface area contributed by atoms with Gasteiger partial charge in [0.15, 0.2) is 11.6 Å². The predicted octanol–water partition coefficient (Wildman–Crippen LogP) is 3.65. The average molecular weight is 292 g/mol. The fourth-order valence-corrected chi connectivity index (χ4v) is 1.79. The van der Waals surface area contributed by atoms with E-state index in [4.69, 9.17) is 9.47 Å². The van der Waals surface area contributed by atoms with Crippen LogP contribution in [0.3, 0.4) is 0 Å². The second-order valence-electron chi connectivity index (χ2n) is 4.24. The normalized spacial score (nSPS) is 11.8. The van der Waals surface area contributed by atoms with Gasteiger partial charge in [-0.25, -0.2) is 13.6 Å². The molecule has 0 radical (unpaired) electrons. The van der Waals surface area contributed by atoms with E-state index in [-0.39, 0.29) is 12.4 Å². The largest absolute Gasteiger partial charge is 0.471 e. The lowest BCUT2D eigenvalue weighted by atomic mass is 10.1. The van der Waals surface area contributed by atoms with Crippen molar-refractivity contribution in [3.05, 3.63) is 65.7 Å². The van der Waals surface area contributed by atoms with Gasteiger partial charge < -0.3 is 9.47 Å². The molecule has 0 fully saturated rings. The molecule has 2 aromatic rings. The molecule has 1 atom stereocenters. The molecule has 2 aromatic carbocycles. The van der Waals surface area contributed by atoms with Crippen molar-refractivity contribution in [2.45, 2.75) is 13.0 Å². The summed E-state index contributed by atoms with van der Waals surface area (Å²) in [6.07, 6.45) is -1.15. The number of carbonyl (C=O) groups is 1. The molecular formula is C16H14F2O3. The van der Waals surface area contributed by atoms with E-state index in [1.165, 1.54) is 0 Å². The Morgan fingerprint density at radius 3 is 2.52 bits per heavy atom. The summed E-state index contributed by atoms with van der Waals surface area (Å²) in [7, 11) is 0. The molecule has 0 bridgehead atoms. The molecule has 5 heteroatoms. The average Bonchev–Trinajstić information content (AvgIpc) is 2.49. The van der Waals surface area contributed by atoms with Crippen molar-refractivity contribution < 1.29 is 23.0 Å². The summed E-state index contributed by atoms with van der Waals surface area (Å²) in [6, 6.07) is 11.3. The van der Waals surface area contributed by atoms with Gasteiger partial charge in [0.05, 0.1) is 6.61 Å². The van der Waals surface area contributed by atoms with E-state index in [1.54, 1.807) is 37.3 Å². The number of halogens is 2. The lowest BCUT2D eigenvalue weighted by Gasteiger charge is -2.18. The molecule has 0 spiro atoms. The molecule has 2 rings (SSSR count). The van der Waals surface area contributed by atoms with E-state index in [9.17, 15) is 13.6 Å². The summed E-state index contributed by atoms with van der Waals surface area (Å²) in [4.78, 5) is 12.0. The van der Waals surface area contributed by atoms with Gasteiger partial charge >= 0.3 is 5.97 Å². The van der Waals surface area contributed by atoms with Crippen LogP contribution in [0.25, 0.3) is 0 Å². The first-order chi connectivity index (χ1) is 10.1. The van der Waals surface area contributed by atoms with Crippen LogP contribution in [-0.2, 0) is 9.53 Å². The van der Waals surface area contributed by atoms with Crippen LogP contribution in [-0.4, -0.2) is 12.6 Å². The van der Waals surface area contributed by atoms with Crippen LogP contribution in [0.1, 0.15) is 18.6 Å². The second-order valence-corrected chi connectivity index (χ2v) is 4.24. The van der Waals surface area contributed by atoms with Crippen LogP contribution in [0.2, 0.25) is 0 Å². The van der Waals surface area contributed by atoms with Crippen LogP contribution in [0.15, 0.2) is 48.5 Å². The third-order valence-electron chi connectivity index (χ3n) is 2.74. The van der Waals surface area contributed by atoms with E-state index in [0.717, 1.165) is 18.2 Å². The minimum absolute atomic E-state index is 0.164. The SMILES string of the molecule is CCOC(=O)C(Oc1cc(F)ccc1F)c1ccccc1. The van der Waals surface area contributed by atoms with Gasteiger partial charge in [0.25, 0.3) is 0 Å². The Morgan fingerprint density at radius 2 is 1.86 bits per heavy atom. The first-order valence-corrected chi connectivity index (χ1v) is 6.45. The number of esters is 1. The molecule has 3 nitrogen and oxygen atoms in total. The minimum Gasteiger partial charge on any atom is -0.471 e. The van der Waals surface area contributed by atoms with Crippen LogP contribution in [0.4, 0.5) is 8.78 Å². The highest BCUT2D eigenvalue weighted by Crippen LogP contribution is 2.26. The van der Waals surface area contributed by atoms with Crippen molar-refractivity contribution in [3.63, 3.8) is 0 Å². The first kappa shape index (κ1) is 15.0. The molecule has 0 aliphatic carbocycles. The molecule has 0 N–H and O–H groups in total. The van der Waals surface area contributed by atoms with Crippen molar-refractivity contribution in [2.75, 3.05) is 6.61 Å². The summed E-state index contributed by atoms with van der Waals surface area (Å²) in [5, 5.41) is 0. The van der Waals surface area contributed by atoms with Crippen molar-refractivity contribution in [1.29, 1.82) is 0 Å². The maximum Gasteiger partial charge on any atom is 0.352 e. The number of rotatable bonds is 5. The van der Waals surface area contributed by atoms with Crippen LogP contribution < -0.4 is 4.74 Å². The minimum atomic E-state index is -1.15. The van der Waals surface area contributed by atoms with Gasteiger partial charge in [0, 0.05) is 11.6 Å². The Kier molecular flexibility index (Phi) is 4.87. The van der Waals surface area contributed by atoms with Crippen molar-refractivity contribution in [2.24, 2.45) is 0 Å². The van der Waals surface area contributed by atoms with Gasteiger partial charge in [-0.15, -0.1) is 0 Å². The molecule has 0 aromatic heterocycles. The van der Waals surface area contributed by atoms with Gasteiger partial charge in [0.1, 0.15) is 5.82 Å². The lowest BCUT2D eigenvalue weighted by Crippen LogP contribution is -2.22. The monoisotopic (exact) mass is 292 g/mol. The van der Waals surface area contributed by atoms with Gasteiger partial charge in [-0.1, -0.05) is 30.3 Å². The van der Waals surface area contributed by atoms with Crippen LogP contribution >= 0.6 is 0 Å². The third-order valence-corrected chi connectivity index (χ3v) is 2.74.